The molecule has 0 spiro atoms. The Hall–Kier alpha value is -3.63. The first kappa shape index (κ1) is 22.2. The summed E-state index contributed by atoms with van der Waals surface area (Å²) in [5, 5.41) is 11.6. The van der Waals surface area contributed by atoms with E-state index in [2.05, 4.69) is 36.9 Å². The van der Waals surface area contributed by atoms with E-state index in [4.69, 9.17) is 29.9 Å². The molecule has 12 heteroatoms. The van der Waals surface area contributed by atoms with Crippen LogP contribution < -0.4 is 5.73 Å². The van der Waals surface area contributed by atoms with Crippen LogP contribution in [0.15, 0.2) is 36.0 Å². The summed E-state index contributed by atoms with van der Waals surface area (Å²) in [5.74, 6) is 5.37. The number of aromatic nitrogens is 5. The Labute approximate surface area is 194 Å². The van der Waals surface area contributed by atoms with Crippen molar-refractivity contribution in [2.45, 2.75) is 44.2 Å². The Morgan fingerprint density at radius 2 is 2.12 bits per heavy atom. The van der Waals surface area contributed by atoms with Crippen molar-refractivity contribution < 1.29 is 24.2 Å². The van der Waals surface area contributed by atoms with Crippen molar-refractivity contribution in [2.75, 3.05) is 18.9 Å². The summed E-state index contributed by atoms with van der Waals surface area (Å²) >= 11 is 0. The molecule has 0 saturated carbocycles. The van der Waals surface area contributed by atoms with E-state index in [9.17, 15) is 0 Å². The molecule has 0 amide bonds. The van der Waals surface area contributed by atoms with Crippen LogP contribution in [-0.4, -0.2) is 73.2 Å². The van der Waals surface area contributed by atoms with E-state index in [1.807, 2.05) is 13.8 Å². The van der Waals surface area contributed by atoms with Gasteiger partial charge in [-0.05, 0) is 31.9 Å². The molecule has 176 valence electrons. The van der Waals surface area contributed by atoms with Gasteiger partial charge in [-0.3, -0.25) is 4.57 Å². The first-order valence-corrected chi connectivity index (χ1v) is 10.6. The molecule has 2 saturated heterocycles. The van der Waals surface area contributed by atoms with Gasteiger partial charge in [0.15, 0.2) is 23.5 Å². The first-order valence-electron chi connectivity index (χ1n) is 10.6. The highest BCUT2D eigenvalue weighted by Gasteiger charge is 2.56. The molecule has 3 aromatic heterocycles. The second-order valence-corrected chi connectivity index (χ2v) is 8.22. The van der Waals surface area contributed by atoms with Crippen molar-refractivity contribution in [1.29, 1.82) is 0 Å². The van der Waals surface area contributed by atoms with E-state index < -0.39 is 18.1 Å². The van der Waals surface area contributed by atoms with E-state index in [-0.39, 0.29) is 25.4 Å². The van der Waals surface area contributed by atoms with Crippen molar-refractivity contribution in [3.8, 4) is 11.8 Å². The lowest BCUT2D eigenvalue weighted by Gasteiger charge is -2.24. The van der Waals surface area contributed by atoms with Gasteiger partial charge in [0.1, 0.15) is 42.5 Å². The van der Waals surface area contributed by atoms with Crippen LogP contribution in [0.3, 0.4) is 0 Å². The molecule has 0 unspecified atom stereocenters. The zero-order chi connectivity index (χ0) is 23.7. The summed E-state index contributed by atoms with van der Waals surface area (Å²) in [7, 11) is 0. The molecule has 4 atom stereocenters. The number of imidazole rings is 1. The smallest absolute Gasteiger partial charge is 0.167 e. The molecule has 3 N–H and O–H groups in total. The van der Waals surface area contributed by atoms with Crippen molar-refractivity contribution in [2.24, 2.45) is 5.16 Å². The van der Waals surface area contributed by atoms with Crippen LogP contribution in [0.25, 0.3) is 11.2 Å². The van der Waals surface area contributed by atoms with Gasteiger partial charge in [-0.15, -0.1) is 0 Å². The fourth-order valence-electron chi connectivity index (χ4n) is 4.08. The number of oxime groups is 1. The number of fused-ring (bicyclic) bond motifs is 2. The lowest BCUT2D eigenvalue weighted by Crippen LogP contribution is -2.33. The fourth-order valence-corrected chi connectivity index (χ4v) is 4.08. The summed E-state index contributed by atoms with van der Waals surface area (Å²) in [4.78, 5) is 16.9. The highest BCUT2D eigenvalue weighted by atomic mass is 16.8. The first-order chi connectivity index (χ1) is 16.4. The lowest BCUT2D eigenvalue weighted by atomic mass is 10.1. The van der Waals surface area contributed by atoms with Gasteiger partial charge in [-0.1, -0.05) is 17.1 Å². The van der Waals surface area contributed by atoms with Gasteiger partial charge in [0, 0.05) is 0 Å². The summed E-state index contributed by atoms with van der Waals surface area (Å²) in [5.41, 5.74) is 8.03. The van der Waals surface area contributed by atoms with Crippen molar-refractivity contribution >= 4 is 23.2 Å². The number of hydrogen-bond acceptors (Lipinski definition) is 11. The molecule has 34 heavy (non-hydrogen) atoms. The van der Waals surface area contributed by atoms with Crippen LogP contribution in [0, 0.1) is 11.8 Å². The second-order valence-electron chi connectivity index (χ2n) is 8.22. The van der Waals surface area contributed by atoms with Crippen LogP contribution in [0.4, 0.5) is 5.82 Å². The van der Waals surface area contributed by atoms with Gasteiger partial charge in [0.05, 0.1) is 24.8 Å². The number of nitrogen functional groups attached to an aromatic ring is 1. The maximum Gasteiger partial charge on any atom is 0.167 e. The monoisotopic (exact) mass is 465 g/mol. The van der Waals surface area contributed by atoms with Gasteiger partial charge < -0.3 is 29.9 Å². The number of nitrogens with zero attached hydrogens (tertiary/aromatic N) is 6. The van der Waals surface area contributed by atoms with Crippen LogP contribution >= 0.6 is 0 Å². The normalized spacial score (nSPS) is 25.5. The number of anilines is 1. The van der Waals surface area contributed by atoms with Crippen molar-refractivity contribution in [1.82, 2.24) is 24.5 Å². The number of hydrogen-bond donors (Lipinski definition) is 2. The maximum absolute atomic E-state index is 8.63. The highest BCUT2D eigenvalue weighted by molar-refractivity contribution is 5.81. The third kappa shape index (κ3) is 4.29. The summed E-state index contributed by atoms with van der Waals surface area (Å²) in [6.45, 7) is 4.14. The number of pyridine rings is 1. The van der Waals surface area contributed by atoms with Gasteiger partial charge in [-0.25, -0.2) is 19.9 Å². The largest absolute Gasteiger partial charge is 0.411 e. The Morgan fingerprint density at radius 1 is 1.26 bits per heavy atom. The third-order valence-electron chi connectivity index (χ3n) is 5.42. The van der Waals surface area contributed by atoms with Crippen molar-refractivity contribution in [3.63, 3.8) is 0 Å². The minimum absolute atomic E-state index is 0.171. The zero-order valence-corrected chi connectivity index (χ0v) is 18.5. The summed E-state index contributed by atoms with van der Waals surface area (Å²) < 4.78 is 26.1. The Bertz CT molecular complexity index is 1280. The molecule has 0 bridgehead atoms. The van der Waals surface area contributed by atoms with Gasteiger partial charge in [0.25, 0.3) is 0 Å². The zero-order valence-electron chi connectivity index (χ0n) is 18.5. The predicted molar refractivity (Wildman–Crippen MR) is 119 cm³/mol. The molecule has 3 aromatic rings. The van der Waals surface area contributed by atoms with E-state index >= 15 is 0 Å². The molecule has 0 radical (unpaired) electrons. The van der Waals surface area contributed by atoms with Crippen LogP contribution in [0.2, 0.25) is 0 Å². The molecule has 0 aromatic carbocycles. The van der Waals surface area contributed by atoms with E-state index in [1.165, 1.54) is 12.5 Å². The number of ether oxygens (including phenoxy) is 4. The Morgan fingerprint density at radius 3 is 2.97 bits per heavy atom. The van der Waals surface area contributed by atoms with Gasteiger partial charge in [-0.2, -0.15) is 0 Å². The molecule has 5 heterocycles. The minimum atomic E-state index is -0.769. The number of nitrogens with two attached hydrogens (primary N) is 1. The summed E-state index contributed by atoms with van der Waals surface area (Å²) in [6.07, 6.45) is 2.59. The van der Waals surface area contributed by atoms with E-state index in [0.717, 1.165) is 0 Å². The number of rotatable bonds is 5. The van der Waals surface area contributed by atoms with Gasteiger partial charge in [0.2, 0.25) is 0 Å². The highest BCUT2D eigenvalue weighted by Crippen LogP contribution is 2.43. The molecule has 2 fully saturated rings. The quantitative estimate of drug-likeness (QED) is 0.184. The van der Waals surface area contributed by atoms with Crippen LogP contribution in [-0.2, 0) is 18.9 Å². The molecule has 2 aliphatic rings. The molecular weight excluding hydrogens is 442 g/mol. The topological polar surface area (TPSA) is 152 Å². The third-order valence-corrected chi connectivity index (χ3v) is 5.42. The Balaban J connectivity index is 1.27. The molecule has 0 aliphatic carbocycles. The Kier molecular flexibility index (Phi) is 5.84. The minimum Gasteiger partial charge on any atom is -0.411 e. The van der Waals surface area contributed by atoms with Crippen LogP contribution in [0.5, 0.6) is 0 Å². The average molecular weight is 465 g/mol. The van der Waals surface area contributed by atoms with Crippen molar-refractivity contribution in [3.05, 3.63) is 42.2 Å². The molecular formula is C22H23N7O5. The molecule has 5 rings (SSSR count). The SMILES string of the molecule is CC1(C)O[C@@H]2[C@H](O1)[C@@H](COCC#Cc1cccc(/C=N\O)n1)O[C@H]2n1cnc2c(N)ncnc21. The van der Waals surface area contributed by atoms with E-state index in [0.29, 0.717) is 28.4 Å². The maximum atomic E-state index is 8.63. The van der Waals surface area contributed by atoms with Crippen LogP contribution in [0.1, 0.15) is 31.5 Å². The average Bonchev–Trinajstić information content (AvgIpc) is 3.46. The standard InChI is InChI=1S/C22H23N7O5/c1-22(2)33-17-15(10-31-8-4-7-13-5-3-6-14(28-13)9-27-30)32-21(18(17)34-22)29-12-26-16-19(23)24-11-25-20(16)29/h3,5-6,9,11-12,15,17-18,21,30H,8,10H2,1-2H3,(H2,23,24,25)/b27-9-/t15-,17-,18-,21-/m1/s1. The van der Waals surface area contributed by atoms with E-state index in [1.54, 1.807) is 29.1 Å². The second kappa shape index (κ2) is 8.96. The molecule has 12 nitrogen and oxygen atoms in total. The molecule has 2 aliphatic heterocycles. The fraction of sp³-hybridized carbons (Fsp3) is 0.409. The van der Waals surface area contributed by atoms with Gasteiger partial charge >= 0.3 is 0 Å². The lowest BCUT2D eigenvalue weighted by molar-refractivity contribution is -0.201. The predicted octanol–water partition coefficient (Wildman–Crippen LogP) is 1.10. The summed E-state index contributed by atoms with van der Waals surface area (Å²) in [6, 6.07) is 5.24.